The van der Waals surface area contributed by atoms with Crippen LogP contribution in [-0.4, -0.2) is 12.6 Å². The lowest BCUT2D eigenvalue weighted by atomic mass is 9.75. The third-order valence-corrected chi connectivity index (χ3v) is 5.46. The molecule has 0 aromatic carbocycles. The maximum Gasteiger partial charge on any atom is 0.0307 e. The minimum atomic E-state index is 0.695. The second-order valence-corrected chi connectivity index (χ2v) is 6.98. The Hall–Kier alpha value is -0.300. The second-order valence-electron chi connectivity index (χ2n) is 6.98. The summed E-state index contributed by atoms with van der Waals surface area (Å²) in [5, 5.41) is 3.83. The summed E-state index contributed by atoms with van der Waals surface area (Å²) < 4.78 is 0. The number of rotatable bonds is 6. The predicted molar refractivity (Wildman–Crippen MR) is 89.0 cm³/mol. The molecule has 1 atom stereocenters. The molecule has 1 heteroatoms. The zero-order valence-corrected chi connectivity index (χ0v) is 13.8. The van der Waals surface area contributed by atoms with E-state index >= 15 is 0 Å². The van der Waals surface area contributed by atoms with Crippen molar-refractivity contribution < 1.29 is 0 Å². The van der Waals surface area contributed by atoms with Crippen molar-refractivity contribution in [2.75, 3.05) is 6.54 Å². The second kappa shape index (κ2) is 8.87. The van der Waals surface area contributed by atoms with E-state index in [4.69, 9.17) is 0 Å². The van der Waals surface area contributed by atoms with E-state index in [0.29, 0.717) is 6.04 Å². The Bertz CT molecular complexity index is 286. The van der Waals surface area contributed by atoms with Crippen LogP contribution in [0.2, 0.25) is 0 Å². The van der Waals surface area contributed by atoms with Gasteiger partial charge in [0.2, 0.25) is 0 Å². The van der Waals surface area contributed by atoms with Gasteiger partial charge < -0.3 is 5.32 Å². The standard InChI is InChI=1S/C19H35N/c1-3-9-16-12-14-18(15-13-16)19(20-4-2)17-10-7-5-6-8-11-17/h10,16,18-20H,3-9,11-15H2,1-2H3. The Morgan fingerprint density at radius 2 is 1.90 bits per heavy atom. The zero-order chi connectivity index (χ0) is 14.2. The highest BCUT2D eigenvalue weighted by molar-refractivity contribution is 5.14. The van der Waals surface area contributed by atoms with Gasteiger partial charge in [-0.2, -0.15) is 0 Å². The fraction of sp³-hybridized carbons (Fsp3) is 0.895. The first-order valence-electron chi connectivity index (χ1n) is 9.27. The first-order valence-corrected chi connectivity index (χ1v) is 9.27. The van der Waals surface area contributed by atoms with Crippen LogP contribution in [-0.2, 0) is 0 Å². The molecule has 0 aliphatic heterocycles. The SMILES string of the molecule is CCCC1CCC(C(NCC)C2=CCCCCC2)CC1. The molecule has 1 fully saturated rings. The van der Waals surface area contributed by atoms with E-state index < -0.39 is 0 Å². The van der Waals surface area contributed by atoms with Crippen LogP contribution in [0, 0.1) is 11.8 Å². The van der Waals surface area contributed by atoms with E-state index in [1.807, 2.05) is 0 Å². The number of likely N-dealkylation sites (N-methyl/N-ethyl adjacent to an activating group) is 1. The molecule has 0 bridgehead atoms. The highest BCUT2D eigenvalue weighted by Crippen LogP contribution is 2.36. The molecule has 2 rings (SSSR count). The molecule has 0 saturated heterocycles. The van der Waals surface area contributed by atoms with Gasteiger partial charge in [0.05, 0.1) is 0 Å². The van der Waals surface area contributed by atoms with Gasteiger partial charge in [0.1, 0.15) is 0 Å². The lowest BCUT2D eigenvalue weighted by molar-refractivity contribution is 0.227. The lowest BCUT2D eigenvalue weighted by Crippen LogP contribution is -2.39. The summed E-state index contributed by atoms with van der Waals surface area (Å²) in [6.07, 6.45) is 18.2. The Morgan fingerprint density at radius 1 is 1.10 bits per heavy atom. The third kappa shape index (κ3) is 4.62. The maximum atomic E-state index is 3.83. The molecule has 2 aliphatic rings. The largest absolute Gasteiger partial charge is 0.310 e. The minimum absolute atomic E-state index is 0.695. The van der Waals surface area contributed by atoms with Crippen LogP contribution in [0.1, 0.15) is 84.5 Å². The van der Waals surface area contributed by atoms with Crippen LogP contribution in [0.3, 0.4) is 0 Å². The van der Waals surface area contributed by atoms with E-state index in [1.54, 1.807) is 5.57 Å². The van der Waals surface area contributed by atoms with Gasteiger partial charge in [0, 0.05) is 6.04 Å². The van der Waals surface area contributed by atoms with Crippen molar-refractivity contribution in [2.45, 2.75) is 90.5 Å². The van der Waals surface area contributed by atoms with Gasteiger partial charge in [-0.1, -0.05) is 57.6 Å². The molecule has 1 nitrogen and oxygen atoms in total. The fourth-order valence-corrected chi connectivity index (χ4v) is 4.36. The van der Waals surface area contributed by atoms with Crippen molar-refractivity contribution in [3.63, 3.8) is 0 Å². The van der Waals surface area contributed by atoms with E-state index in [9.17, 15) is 0 Å². The zero-order valence-electron chi connectivity index (χ0n) is 13.8. The molecule has 1 N–H and O–H groups in total. The van der Waals surface area contributed by atoms with Crippen molar-refractivity contribution in [3.05, 3.63) is 11.6 Å². The van der Waals surface area contributed by atoms with Gasteiger partial charge in [-0.15, -0.1) is 0 Å². The van der Waals surface area contributed by atoms with Gasteiger partial charge in [-0.25, -0.2) is 0 Å². The number of allylic oxidation sites excluding steroid dienone is 1. The molecule has 0 amide bonds. The number of nitrogens with one attached hydrogen (secondary N) is 1. The summed E-state index contributed by atoms with van der Waals surface area (Å²) in [6.45, 7) is 5.73. The Morgan fingerprint density at radius 3 is 2.60 bits per heavy atom. The predicted octanol–water partition coefficient (Wildman–Crippen LogP) is 5.46. The normalized spacial score (nSPS) is 29.6. The molecule has 1 saturated carbocycles. The molecule has 0 heterocycles. The van der Waals surface area contributed by atoms with Gasteiger partial charge in [-0.3, -0.25) is 0 Å². The smallest absolute Gasteiger partial charge is 0.0307 e. The molecular formula is C19H35N. The van der Waals surface area contributed by atoms with Crippen LogP contribution in [0.5, 0.6) is 0 Å². The third-order valence-electron chi connectivity index (χ3n) is 5.46. The van der Waals surface area contributed by atoms with E-state index in [1.165, 1.54) is 70.6 Å². The molecule has 1 unspecified atom stereocenters. The maximum absolute atomic E-state index is 3.83. The highest BCUT2D eigenvalue weighted by Gasteiger charge is 2.28. The van der Waals surface area contributed by atoms with Crippen LogP contribution < -0.4 is 5.32 Å². The summed E-state index contributed by atoms with van der Waals surface area (Å²) in [7, 11) is 0. The minimum Gasteiger partial charge on any atom is -0.310 e. The van der Waals surface area contributed by atoms with E-state index in [0.717, 1.165) is 18.4 Å². The molecule has 116 valence electrons. The lowest BCUT2D eigenvalue weighted by Gasteiger charge is -2.35. The molecule has 0 aromatic rings. The molecule has 0 spiro atoms. The molecule has 0 aromatic heterocycles. The van der Waals surface area contributed by atoms with Crippen molar-refractivity contribution in [3.8, 4) is 0 Å². The summed E-state index contributed by atoms with van der Waals surface area (Å²) in [4.78, 5) is 0. The summed E-state index contributed by atoms with van der Waals surface area (Å²) in [5.74, 6) is 1.94. The van der Waals surface area contributed by atoms with Gasteiger partial charge in [0.25, 0.3) is 0 Å². The van der Waals surface area contributed by atoms with Crippen LogP contribution in [0.4, 0.5) is 0 Å². The molecule has 2 aliphatic carbocycles. The van der Waals surface area contributed by atoms with Crippen molar-refractivity contribution in [2.24, 2.45) is 11.8 Å². The van der Waals surface area contributed by atoms with Crippen LogP contribution in [0.15, 0.2) is 11.6 Å². The average Bonchev–Trinajstić information content (AvgIpc) is 2.75. The van der Waals surface area contributed by atoms with E-state index in [-0.39, 0.29) is 0 Å². The molecule has 20 heavy (non-hydrogen) atoms. The summed E-state index contributed by atoms with van der Waals surface area (Å²) in [6, 6.07) is 0.695. The summed E-state index contributed by atoms with van der Waals surface area (Å²) >= 11 is 0. The van der Waals surface area contributed by atoms with Crippen molar-refractivity contribution in [1.29, 1.82) is 0 Å². The van der Waals surface area contributed by atoms with E-state index in [2.05, 4.69) is 25.2 Å². The van der Waals surface area contributed by atoms with Crippen molar-refractivity contribution >= 4 is 0 Å². The quantitative estimate of drug-likeness (QED) is 0.635. The van der Waals surface area contributed by atoms with Crippen LogP contribution in [0.25, 0.3) is 0 Å². The fourth-order valence-electron chi connectivity index (χ4n) is 4.36. The first-order chi connectivity index (χ1) is 9.85. The highest BCUT2D eigenvalue weighted by atomic mass is 14.9. The Kier molecular flexibility index (Phi) is 7.13. The number of hydrogen-bond acceptors (Lipinski definition) is 1. The Balaban J connectivity index is 1.93. The first kappa shape index (κ1) is 16.1. The van der Waals surface area contributed by atoms with Gasteiger partial charge >= 0.3 is 0 Å². The van der Waals surface area contributed by atoms with Gasteiger partial charge in [0.15, 0.2) is 0 Å². The monoisotopic (exact) mass is 277 g/mol. The number of hydrogen-bond donors (Lipinski definition) is 1. The topological polar surface area (TPSA) is 12.0 Å². The molecular weight excluding hydrogens is 242 g/mol. The average molecular weight is 277 g/mol. The van der Waals surface area contributed by atoms with Crippen molar-refractivity contribution in [1.82, 2.24) is 5.32 Å². The van der Waals surface area contributed by atoms with Gasteiger partial charge in [-0.05, 0) is 56.9 Å². The summed E-state index contributed by atoms with van der Waals surface area (Å²) in [5.41, 5.74) is 1.75. The van der Waals surface area contributed by atoms with Crippen LogP contribution >= 0.6 is 0 Å². The molecule has 0 radical (unpaired) electrons. The Labute approximate surface area is 126 Å².